The highest BCUT2D eigenvalue weighted by Crippen LogP contribution is 2.37. The number of rotatable bonds is 1. The number of benzene rings is 1. The average molecular weight is 264 g/mol. The summed E-state index contributed by atoms with van der Waals surface area (Å²) in [6, 6.07) is 11.3. The summed E-state index contributed by atoms with van der Waals surface area (Å²) < 4.78 is 0. The zero-order valence-corrected chi connectivity index (χ0v) is 11.7. The van der Waals surface area contributed by atoms with Crippen molar-refractivity contribution in [3.8, 4) is 0 Å². The van der Waals surface area contributed by atoms with E-state index in [2.05, 4.69) is 40.6 Å². The quantitative estimate of drug-likeness (QED) is 0.844. The zero-order chi connectivity index (χ0) is 13.4. The van der Waals surface area contributed by atoms with E-state index >= 15 is 0 Å². The van der Waals surface area contributed by atoms with Crippen LogP contribution in [0.3, 0.4) is 0 Å². The lowest BCUT2D eigenvalue weighted by atomic mass is 9.81. The fourth-order valence-corrected chi connectivity index (χ4v) is 3.65. The number of hydrogen-bond donors (Lipinski definition) is 1. The van der Waals surface area contributed by atoms with Crippen LogP contribution in [-0.4, -0.2) is 11.5 Å². The van der Waals surface area contributed by atoms with Crippen LogP contribution in [0.5, 0.6) is 0 Å². The molecule has 2 aromatic rings. The number of hydrogen-bond acceptors (Lipinski definition) is 2. The van der Waals surface area contributed by atoms with Crippen LogP contribution < -0.4 is 5.32 Å². The molecule has 20 heavy (non-hydrogen) atoms. The summed E-state index contributed by atoms with van der Waals surface area (Å²) in [6.07, 6.45) is 8.09. The van der Waals surface area contributed by atoms with Crippen LogP contribution >= 0.6 is 0 Å². The molecule has 2 nitrogen and oxygen atoms in total. The van der Waals surface area contributed by atoms with E-state index in [0.717, 1.165) is 6.54 Å². The summed E-state index contributed by atoms with van der Waals surface area (Å²) in [5, 5.41) is 3.50. The van der Waals surface area contributed by atoms with Crippen LogP contribution in [-0.2, 0) is 12.8 Å². The molecule has 4 rings (SSSR count). The maximum Gasteiger partial charge on any atom is 0.0510 e. The predicted octanol–water partition coefficient (Wildman–Crippen LogP) is 3.91. The van der Waals surface area contributed by atoms with Crippen molar-refractivity contribution in [2.75, 3.05) is 11.9 Å². The number of pyridine rings is 1. The molecular formula is C18H20N2. The van der Waals surface area contributed by atoms with Crippen molar-refractivity contribution in [1.82, 2.24) is 4.98 Å². The molecule has 2 heterocycles. The van der Waals surface area contributed by atoms with E-state index in [9.17, 15) is 0 Å². The van der Waals surface area contributed by atoms with Gasteiger partial charge >= 0.3 is 0 Å². The molecule has 0 spiro atoms. The van der Waals surface area contributed by atoms with Crippen molar-refractivity contribution >= 4 is 5.69 Å². The van der Waals surface area contributed by atoms with Gasteiger partial charge in [0.05, 0.1) is 5.69 Å². The van der Waals surface area contributed by atoms with Gasteiger partial charge in [-0.3, -0.25) is 4.98 Å². The molecule has 1 aromatic heterocycles. The van der Waals surface area contributed by atoms with Crippen molar-refractivity contribution in [2.24, 2.45) is 0 Å². The lowest BCUT2D eigenvalue weighted by Gasteiger charge is -2.26. The molecule has 2 heteroatoms. The molecular weight excluding hydrogens is 244 g/mol. The average Bonchev–Trinajstić information content (AvgIpc) is 2.54. The van der Waals surface area contributed by atoms with Crippen LogP contribution in [0.15, 0.2) is 36.5 Å². The topological polar surface area (TPSA) is 24.9 Å². The van der Waals surface area contributed by atoms with E-state index in [-0.39, 0.29) is 0 Å². The summed E-state index contributed by atoms with van der Waals surface area (Å²) in [5.41, 5.74) is 7.02. The fourth-order valence-electron chi connectivity index (χ4n) is 3.65. The molecule has 1 unspecified atom stereocenters. The van der Waals surface area contributed by atoms with E-state index in [0.29, 0.717) is 5.92 Å². The Morgan fingerprint density at radius 3 is 3.00 bits per heavy atom. The van der Waals surface area contributed by atoms with Crippen molar-refractivity contribution in [3.05, 3.63) is 58.9 Å². The molecule has 0 amide bonds. The minimum atomic E-state index is 0.493. The summed E-state index contributed by atoms with van der Waals surface area (Å²) in [7, 11) is 0. The number of aryl methyl sites for hydroxylation is 2. The van der Waals surface area contributed by atoms with E-state index < -0.39 is 0 Å². The lowest BCUT2D eigenvalue weighted by Crippen LogP contribution is -2.15. The SMILES string of the molecule is c1cnc2c(c1)CCCC2c1ccc2c(c1)CCCN2. The fraction of sp³-hybridized carbons (Fsp3) is 0.389. The third-order valence-corrected chi connectivity index (χ3v) is 4.67. The summed E-state index contributed by atoms with van der Waals surface area (Å²) in [4.78, 5) is 4.67. The number of fused-ring (bicyclic) bond motifs is 2. The zero-order valence-electron chi connectivity index (χ0n) is 11.7. The van der Waals surface area contributed by atoms with Crippen molar-refractivity contribution in [3.63, 3.8) is 0 Å². The molecule has 0 fully saturated rings. The van der Waals surface area contributed by atoms with Gasteiger partial charge in [-0.15, -0.1) is 0 Å². The Balaban J connectivity index is 1.75. The lowest BCUT2D eigenvalue weighted by molar-refractivity contribution is 0.598. The monoisotopic (exact) mass is 264 g/mol. The Kier molecular flexibility index (Phi) is 2.95. The van der Waals surface area contributed by atoms with Gasteiger partial charge in [-0.05, 0) is 60.9 Å². The van der Waals surface area contributed by atoms with Gasteiger partial charge in [-0.25, -0.2) is 0 Å². The second kappa shape index (κ2) is 4.93. The van der Waals surface area contributed by atoms with Gasteiger partial charge in [0.15, 0.2) is 0 Å². The van der Waals surface area contributed by atoms with Crippen LogP contribution in [0.4, 0.5) is 5.69 Å². The standard InChI is InChI=1S/C18H20N2/c1-4-13-5-2-11-20-18(13)16(7-1)14-8-9-17-15(12-14)6-3-10-19-17/h2,5,8-9,11-12,16,19H,1,3-4,6-7,10H2. The van der Waals surface area contributed by atoms with E-state index in [1.54, 1.807) is 0 Å². The summed E-state index contributed by atoms with van der Waals surface area (Å²) >= 11 is 0. The number of nitrogens with zero attached hydrogens (tertiary/aromatic N) is 1. The Labute approximate surface area is 120 Å². The number of aromatic nitrogens is 1. The van der Waals surface area contributed by atoms with Gasteiger partial charge < -0.3 is 5.32 Å². The molecule has 0 saturated carbocycles. The Bertz CT molecular complexity index is 633. The van der Waals surface area contributed by atoms with Crippen molar-refractivity contribution in [1.29, 1.82) is 0 Å². The summed E-state index contributed by atoms with van der Waals surface area (Å²) in [6.45, 7) is 1.11. The van der Waals surface area contributed by atoms with Crippen molar-refractivity contribution < 1.29 is 0 Å². The van der Waals surface area contributed by atoms with Crippen LogP contribution in [0.1, 0.15) is 47.6 Å². The second-order valence-corrected chi connectivity index (χ2v) is 5.94. The first-order chi connectivity index (χ1) is 9.92. The Morgan fingerprint density at radius 1 is 1.05 bits per heavy atom. The molecule has 102 valence electrons. The van der Waals surface area contributed by atoms with Crippen LogP contribution in [0.2, 0.25) is 0 Å². The number of nitrogens with one attached hydrogen (secondary N) is 1. The highest BCUT2D eigenvalue weighted by atomic mass is 14.9. The summed E-state index contributed by atoms with van der Waals surface area (Å²) in [5.74, 6) is 0.493. The third-order valence-electron chi connectivity index (χ3n) is 4.67. The van der Waals surface area contributed by atoms with Crippen molar-refractivity contribution in [2.45, 2.75) is 38.0 Å². The maximum atomic E-state index is 4.67. The molecule has 0 bridgehead atoms. The highest BCUT2D eigenvalue weighted by Gasteiger charge is 2.23. The van der Waals surface area contributed by atoms with Crippen LogP contribution in [0, 0.1) is 0 Å². The third kappa shape index (κ3) is 2.00. The normalized spacial score (nSPS) is 20.7. The van der Waals surface area contributed by atoms with E-state index in [1.807, 2.05) is 6.20 Å². The minimum absolute atomic E-state index is 0.493. The second-order valence-electron chi connectivity index (χ2n) is 5.94. The smallest absolute Gasteiger partial charge is 0.0510 e. The molecule has 0 saturated heterocycles. The molecule has 1 aliphatic carbocycles. The minimum Gasteiger partial charge on any atom is -0.385 e. The molecule has 1 atom stereocenters. The van der Waals surface area contributed by atoms with Gasteiger partial charge in [0, 0.05) is 24.3 Å². The van der Waals surface area contributed by atoms with Gasteiger partial charge in [-0.1, -0.05) is 18.2 Å². The van der Waals surface area contributed by atoms with Gasteiger partial charge in [0.25, 0.3) is 0 Å². The molecule has 1 N–H and O–H groups in total. The van der Waals surface area contributed by atoms with Gasteiger partial charge in [0.2, 0.25) is 0 Å². The first kappa shape index (κ1) is 12.0. The Morgan fingerprint density at radius 2 is 2.00 bits per heavy atom. The molecule has 1 aliphatic heterocycles. The largest absolute Gasteiger partial charge is 0.385 e. The number of anilines is 1. The van der Waals surface area contributed by atoms with E-state index in [4.69, 9.17) is 0 Å². The molecule has 1 aromatic carbocycles. The van der Waals surface area contributed by atoms with E-state index in [1.165, 1.54) is 60.2 Å². The van der Waals surface area contributed by atoms with Crippen LogP contribution in [0.25, 0.3) is 0 Å². The predicted molar refractivity (Wildman–Crippen MR) is 82.3 cm³/mol. The highest BCUT2D eigenvalue weighted by molar-refractivity contribution is 5.55. The first-order valence-electron chi connectivity index (χ1n) is 7.72. The first-order valence-corrected chi connectivity index (χ1v) is 7.72. The van der Waals surface area contributed by atoms with Gasteiger partial charge in [-0.2, -0.15) is 0 Å². The van der Waals surface area contributed by atoms with Gasteiger partial charge in [0.1, 0.15) is 0 Å². The maximum absolute atomic E-state index is 4.67. The molecule has 2 aliphatic rings. The molecule has 0 radical (unpaired) electrons. The Hall–Kier alpha value is -1.83.